The van der Waals surface area contributed by atoms with E-state index in [4.69, 9.17) is 9.47 Å². The van der Waals surface area contributed by atoms with Gasteiger partial charge in [-0.25, -0.2) is 0 Å². The smallest absolute Gasteiger partial charge is 0.0465 e. The number of ether oxygens (including phenoxy) is 2. The molecule has 2 atom stereocenters. The van der Waals surface area contributed by atoms with Gasteiger partial charge in [-0.3, -0.25) is 0 Å². The summed E-state index contributed by atoms with van der Waals surface area (Å²) in [6.45, 7) is 11.3. The maximum atomic E-state index is 10.5. The fourth-order valence-electron chi connectivity index (χ4n) is 2.77. The third kappa shape index (κ3) is 34.4. The molecule has 0 N–H and O–H groups in total. The van der Waals surface area contributed by atoms with Gasteiger partial charge in [-0.1, -0.05) is 12.8 Å². The van der Waals surface area contributed by atoms with Gasteiger partial charge in [0.1, 0.15) is 0 Å². The fraction of sp³-hybridized carbons (Fsp3) is 0.923. The zero-order valence-corrected chi connectivity index (χ0v) is 27.4. The number of aliphatic carboxylic acids is 2. The number of carbonyl (C=O) groups is 2. The van der Waals surface area contributed by atoms with Gasteiger partial charge < -0.3 is 29.3 Å². The van der Waals surface area contributed by atoms with Crippen molar-refractivity contribution in [2.75, 3.05) is 37.9 Å². The summed E-state index contributed by atoms with van der Waals surface area (Å²) in [5.41, 5.74) is 0. The zero-order chi connectivity index (χ0) is 27.2. The van der Waals surface area contributed by atoms with Crippen molar-refractivity contribution in [2.24, 2.45) is 11.8 Å². The molecule has 0 spiro atoms. The van der Waals surface area contributed by atoms with Gasteiger partial charge in [-0.05, 0) is 51.0 Å². The van der Waals surface area contributed by atoms with E-state index in [-0.39, 0.29) is 21.1 Å². The molecule has 0 bridgehead atoms. The van der Waals surface area contributed by atoms with Gasteiger partial charge in [0.2, 0.25) is 0 Å². The zero-order valence-electron chi connectivity index (χ0n) is 22.7. The standard InChI is InChI=1S/2C9H18O3S.2C4H9.Sn/c2*1-2-12-6-4-3-5-8(7-13)9(10)11;2*1-3-4-2;/h2*8,13H,2-7H2,1H3,(H,10,11);2*1,3-4H2,2H3;/q;;;;+2/p-2. The summed E-state index contributed by atoms with van der Waals surface area (Å²) in [7, 11) is 0. The van der Waals surface area contributed by atoms with Gasteiger partial charge in [-0.2, -0.15) is 25.3 Å². The quantitative estimate of drug-likeness (QED) is 0.105. The molecule has 0 fully saturated rings. The minimum atomic E-state index is -0.994. The Morgan fingerprint density at radius 1 is 0.686 bits per heavy atom. The van der Waals surface area contributed by atoms with E-state index in [9.17, 15) is 19.8 Å². The summed E-state index contributed by atoms with van der Waals surface area (Å²) < 4.78 is 13.5. The van der Waals surface area contributed by atoms with E-state index in [1.807, 2.05) is 13.8 Å². The number of thiol groups is 2. The van der Waals surface area contributed by atoms with Gasteiger partial charge >= 0.3 is 69.5 Å². The van der Waals surface area contributed by atoms with E-state index in [0.29, 0.717) is 37.6 Å². The molecule has 0 amide bonds. The summed E-state index contributed by atoms with van der Waals surface area (Å²) in [5, 5.41) is 20.9. The molecule has 0 saturated heterocycles. The molecule has 0 aliphatic rings. The predicted octanol–water partition coefficient (Wildman–Crippen LogP) is 4.11. The normalized spacial score (nSPS) is 11.8. The second kappa shape index (κ2) is 34.4. The molecule has 0 aliphatic heterocycles. The maximum absolute atomic E-state index is 10.5. The van der Waals surface area contributed by atoms with E-state index < -0.39 is 23.8 Å². The van der Waals surface area contributed by atoms with Crippen molar-refractivity contribution in [3.05, 3.63) is 0 Å². The Balaban J connectivity index is -0.000000448. The average molecular weight is 644 g/mol. The Kier molecular flexibility index (Phi) is 39.1. The molecule has 0 rings (SSSR count). The van der Waals surface area contributed by atoms with Crippen LogP contribution in [0.25, 0.3) is 0 Å². The van der Waals surface area contributed by atoms with Crippen LogP contribution in [0.5, 0.6) is 0 Å². The molecule has 6 nitrogen and oxygen atoms in total. The van der Waals surface area contributed by atoms with Crippen LogP contribution in [0.4, 0.5) is 0 Å². The second-order valence-corrected chi connectivity index (χ2v) is 13.3. The summed E-state index contributed by atoms with van der Waals surface area (Å²) in [4.78, 5) is 20.9. The van der Waals surface area contributed by atoms with Gasteiger partial charge in [0.25, 0.3) is 0 Å². The van der Waals surface area contributed by atoms with Gasteiger partial charge in [-0.15, -0.1) is 0 Å². The molecule has 0 heterocycles. The topological polar surface area (TPSA) is 98.7 Å². The van der Waals surface area contributed by atoms with E-state index in [2.05, 4.69) is 39.1 Å². The fourth-order valence-corrected chi connectivity index (χ4v) is 7.60. The van der Waals surface area contributed by atoms with Crippen molar-refractivity contribution in [3.8, 4) is 0 Å². The van der Waals surface area contributed by atoms with Crippen LogP contribution in [0.1, 0.15) is 91.9 Å². The number of carboxylic acid groups (broad SMARTS) is 2. The predicted molar refractivity (Wildman–Crippen MR) is 151 cm³/mol. The molecule has 0 aliphatic carbocycles. The summed E-state index contributed by atoms with van der Waals surface area (Å²) >= 11 is 8.04. The van der Waals surface area contributed by atoms with Gasteiger partial charge in [0.15, 0.2) is 0 Å². The molecule has 0 aromatic heterocycles. The molecule has 35 heavy (non-hydrogen) atoms. The molecule has 0 radical (unpaired) electrons. The van der Waals surface area contributed by atoms with Crippen molar-refractivity contribution in [1.82, 2.24) is 0 Å². The third-order valence-electron chi connectivity index (χ3n) is 5.11. The maximum Gasteiger partial charge on any atom is 0.0465 e. The SMILES string of the molecule is CCC[CH2][Sn+2][CH2]CCC.CCOCCCCC(CS)C(=O)[O-].CCOCCCCC(CS)C(=O)[O-]. The number of hydrogen-bond donors (Lipinski definition) is 2. The molecule has 2 unspecified atom stereocenters. The van der Waals surface area contributed by atoms with E-state index in [0.717, 1.165) is 38.9 Å². The van der Waals surface area contributed by atoms with Crippen LogP contribution in [0.3, 0.4) is 0 Å². The summed E-state index contributed by atoms with van der Waals surface area (Å²) in [6, 6.07) is 0. The van der Waals surface area contributed by atoms with Crippen LogP contribution < -0.4 is 10.2 Å². The van der Waals surface area contributed by atoms with Crippen LogP contribution >= 0.6 is 25.3 Å². The van der Waals surface area contributed by atoms with E-state index >= 15 is 0 Å². The van der Waals surface area contributed by atoms with E-state index in [1.165, 1.54) is 25.7 Å². The molecular formula is C26H52O6S2Sn. The second-order valence-electron chi connectivity index (χ2n) is 8.24. The van der Waals surface area contributed by atoms with Crippen LogP contribution in [0.2, 0.25) is 8.87 Å². The van der Waals surface area contributed by atoms with Crippen LogP contribution in [0, 0.1) is 11.8 Å². The van der Waals surface area contributed by atoms with E-state index in [1.54, 1.807) is 8.87 Å². The molecular weight excluding hydrogens is 591 g/mol. The van der Waals surface area contributed by atoms with Gasteiger partial charge in [0, 0.05) is 50.2 Å². The van der Waals surface area contributed by atoms with Crippen molar-refractivity contribution in [2.45, 2.75) is 101 Å². The Hall–Kier alpha value is 0.359. The molecule has 9 heteroatoms. The van der Waals surface area contributed by atoms with Crippen molar-refractivity contribution >= 4 is 58.3 Å². The molecule has 208 valence electrons. The summed E-state index contributed by atoms with van der Waals surface area (Å²) in [6.07, 6.45) is 10.7. The molecule has 0 aromatic rings. The van der Waals surface area contributed by atoms with Crippen LogP contribution in [-0.4, -0.2) is 71.0 Å². The Morgan fingerprint density at radius 2 is 1.06 bits per heavy atom. The Morgan fingerprint density at radius 3 is 1.31 bits per heavy atom. The minimum absolute atomic E-state index is 0.149. The number of rotatable bonds is 22. The largest absolute Gasteiger partial charge is 0.550 e. The van der Waals surface area contributed by atoms with Crippen molar-refractivity contribution in [1.29, 1.82) is 0 Å². The number of hydrogen-bond acceptors (Lipinski definition) is 8. The first-order chi connectivity index (χ1) is 16.9. The first-order valence-electron chi connectivity index (χ1n) is 13.3. The number of unbranched alkanes of at least 4 members (excludes halogenated alkanes) is 4. The van der Waals surface area contributed by atoms with Crippen molar-refractivity contribution in [3.63, 3.8) is 0 Å². The van der Waals surface area contributed by atoms with Crippen LogP contribution in [-0.2, 0) is 19.1 Å². The van der Waals surface area contributed by atoms with Gasteiger partial charge in [0.05, 0.1) is 0 Å². The first kappa shape index (κ1) is 39.9. The first-order valence-corrected chi connectivity index (χ1v) is 18.7. The molecule has 0 aromatic carbocycles. The number of carbonyl (C=O) groups excluding carboxylic acids is 2. The monoisotopic (exact) mass is 644 g/mol. The Labute approximate surface area is 237 Å². The minimum Gasteiger partial charge on any atom is -0.550 e. The van der Waals surface area contributed by atoms with Crippen LogP contribution in [0.15, 0.2) is 0 Å². The average Bonchev–Trinajstić information content (AvgIpc) is 2.84. The third-order valence-corrected chi connectivity index (χ3v) is 10.0. The summed E-state index contributed by atoms with van der Waals surface area (Å²) in [5.74, 6) is -2.10. The molecule has 0 saturated carbocycles. The Bertz CT molecular complexity index is 406. The number of carboxylic acids is 2. The van der Waals surface area contributed by atoms with Crippen molar-refractivity contribution < 1.29 is 29.3 Å².